The Hall–Kier alpha value is -1.64. The van der Waals surface area contributed by atoms with E-state index in [1.807, 2.05) is 0 Å². The van der Waals surface area contributed by atoms with Crippen LogP contribution in [-0.2, 0) is 0 Å². The predicted octanol–water partition coefficient (Wildman–Crippen LogP) is 3.45. The Morgan fingerprint density at radius 2 is 2.15 bits per heavy atom. The van der Waals surface area contributed by atoms with Crippen molar-refractivity contribution in [3.63, 3.8) is 0 Å². The van der Waals surface area contributed by atoms with Gasteiger partial charge in [-0.05, 0) is 22.4 Å². The summed E-state index contributed by atoms with van der Waals surface area (Å²) < 4.78 is 38.0. The minimum Gasteiger partial charge on any atom is -0.347 e. The lowest BCUT2D eigenvalue weighted by Crippen LogP contribution is -2.32. The molecule has 1 aliphatic heterocycles. The lowest BCUT2D eigenvalue weighted by Gasteiger charge is -2.27. The molecule has 0 saturated heterocycles. The minimum atomic E-state index is -4.34. The Kier molecular flexibility index (Phi) is 3.98. The van der Waals surface area contributed by atoms with Gasteiger partial charge >= 0.3 is 11.9 Å². The molecule has 0 radical (unpaired) electrons. The number of nitro groups is 1. The molecule has 0 aromatic carbocycles. The zero-order valence-corrected chi connectivity index (χ0v) is 11.6. The van der Waals surface area contributed by atoms with E-state index in [-0.39, 0.29) is 31.0 Å². The molecule has 1 aromatic heterocycles. The largest absolute Gasteiger partial charge is 0.412 e. The average Bonchev–Trinajstić information content (AvgIpc) is 2.37. The Morgan fingerprint density at radius 3 is 2.65 bits per heavy atom. The number of rotatable bonds is 2. The third-order valence-corrected chi connectivity index (χ3v) is 3.32. The van der Waals surface area contributed by atoms with Gasteiger partial charge in [-0.25, -0.2) is 4.98 Å². The van der Waals surface area contributed by atoms with Crippen molar-refractivity contribution in [2.75, 3.05) is 18.0 Å². The SMILES string of the molecule is O=[N+]([O-])c1cc(Br)cnc1N1CC=C(C(F)(F)F)CC1. The quantitative estimate of drug-likeness (QED) is 0.465. The number of halogens is 4. The van der Waals surface area contributed by atoms with E-state index in [0.717, 1.165) is 6.08 Å². The van der Waals surface area contributed by atoms with Gasteiger partial charge in [-0.15, -0.1) is 0 Å². The van der Waals surface area contributed by atoms with Crippen molar-refractivity contribution < 1.29 is 18.1 Å². The first-order valence-electron chi connectivity index (χ1n) is 5.60. The molecule has 0 saturated carbocycles. The van der Waals surface area contributed by atoms with Crippen LogP contribution in [0.5, 0.6) is 0 Å². The van der Waals surface area contributed by atoms with Gasteiger partial charge in [0.15, 0.2) is 0 Å². The molecule has 0 unspecified atom stereocenters. The molecule has 1 aliphatic rings. The van der Waals surface area contributed by atoms with Gasteiger partial charge < -0.3 is 4.90 Å². The van der Waals surface area contributed by atoms with E-state index in [1.54, 1.807) is 0 Å². The molecule has 0 N–H and O–H groups in total. The summed E-state index contributed by atoms with van der Waals surface area (Å²) in [6.07, 6.45) is -2.13. The summed E-state index contributed by atoms with van der Waals surface area (Å²) in [7, 11) is 0. The van der Waals surface area contributed by atoms with Crippen molar-refractivity contribution in [1.82, 2.24) is 4.98 Å². The molecule has 0 aliphatic carbocycles. The van der Waals surface area contributed by atoms with Crippen molar-refractivity contribution in [1.29, 1.82) is 0 Å². The van der Waals surface area contributed by atoms with Crippen LogP contribution in [0.4, 0.5) is 24.7 Å². The zero-order valence-electron chi connectivity index (χ0n) is 10.0. The zero-order chi connectivity index (χ0) is 14.9. The highest BCUT2D eigenvalue weighted by Gasteiger charge is 2.35. The number of hydrogen-bond donors (Lipinski definition) is 0. The fourth-order valence-corrected chi connectivity index (χ4v) is 2.24. The van der Waals surface area contributed by atoms with Crippen LogP contribution in [0.1, 0.15) is 6.42 Å². The molecule has 108 valence electrons. The molecule has 0 atom stereocenters. The molecule has 0 fully saturated rings. The Morgan fingerprint density at radius 1 is 1.45 bits per heavy atom. The fraction of sp³-hybridized carbons (Fsp3) is 0.364. The molecule has 2 rings (SSSR count). The van der Waals surface area contributed by atoms with Gasteiger partial charge in [0.2, 0.25) is 5.82 Å². The van der Waals surface area contributed by atoms with Gasteiger partial charge in [0.05, 0.1) is 4.92 Å². The fourth-order valence-electron chi connectivity index (χ4n) is 1.92. The summed E-state index contributed by atoms with van der Waals surface area (Å²) >= 11 is 3.08. The van der Waals surface area contributed by atoms with Crippen molar-refractivity contribution in [3.05, 3.63) is 38.5 Å². The number of hydrogen-bond acceptors (Lipinski definition) is 4. The van der Waals surface area contributed by atoms with Gasteiger partial charge in [-0.3, -0.25) is 10.1 Å². The van der Waals surface area contributed by atoms with E-state index < -0.39 is 16.7 Å². The summed E-state index contributed by atoms with van der Waals surface area (Å²) in [5, 5.41) is 11.0. The van der Waals surface area contributed by atoms with Crippen LogP contribution in [0.3, 0.4) is 0 Å². The van der Waals surface area contributed by atoms with E-state index in [9.17, 15) is 23.3 Å². The Labute approximate surface area is 120 Å². The van der Waals surface area contributed by atoms with Crippen molar-refractivity contribution in [2.24, 2.45) is 0 Å². The van der Waals surface area contributed by atoms with Crippen LogP contribution >= 0.6 is 15.9 Å². The topological polar surface area (TPSA) is 59.3 Å². The first kappa shape index (κ1) is 14.8. The molecule has 1 aromatic rings. The molecule has 20 heavy (non-hydrogen) atoms. The third-order valence-electron chi connectivity index (χ3n) is 2.88. The number of anilines is 1. The summed E-state index contributed by atoms with van der Waals surface area (Å²) in [6, 6.07) is 1.28. The highest BCUT2D eigenvalue weighted by atomic mass is 79.9. The maximum Gasteiger partial charge on any atom is 0.412 e. The average molecular weight is 352 g/mol. The maximum absolute atomic E-state index is 12.5. The van der Waals surface area contributed by atoms with E-state index in [2.05, 4.69) is 20.9 Å². The van der Waals surface area contributed by atoms with Crippen LogP contribution in [0.25, 0.3) is 0 Å². The monoisotopic (exact) mass is 351 g/mol. The van der Waals surface area contributed by atoms with Crippen LogP contribution in [0, 0.1) is 10.1 Å². The van der Waals surface area contributed by atoms with Crippen LogP contribution < -0.4 is 4.90 Å². The van der Waals surface area contributed by atoms with Gasteiger partial charge in [-0.2, -0.15) is 13.2 Å². The number of nitrogens with zero attached hydrogens (tertiary/aromatic N) is 3. The van der Waals surface area contributed by atoms with Crippen LogP contribution in [0.15, 0.2) is 28.4 Å². The van der Waals surface area contributed by atoms with Crippen LogP contribution in [0.2, 0.25) is 0 Å². The van der Waals surface area contributed by atoms with Crippen molar-refractivity contribution in [3.8, 4) is 0 Å². The highest BCUT2D eigenvalue weighted by Crippen LogP contribution is 2.34. The summed E-state index contributed by atoms with van der Waals surface area (Å²) in [4.78, 5) is 15.8. The summed E-state index contributed by atoms with van der Waals surface area (Å²) in [5.41, 5.74) is -0.836. The predicted molar refractivity (Wildman–Crippen MR) is 69.6 cm³/mol. The molecular weight excluding hydrogens is 343 g/mol. The van der Waals surface area contributed by atoms with Gasteiger partial charge in [0.25, 0.3) is 0 Å². The first-order chi connectivity index (χ1) is 9.29. The minimum absolute atomic E-state index is 0.0425. The van der Waals surface area contributed by atoms with E-state index in [4.69, 9.17) is 0 Å². The number of alkyl halides is 3. The van der Waals surface area contributed by atoms with Crippen molar-refractivity contribution in [2.45, 2.75) is 12.6 Å². The third kappa shape index (κ3) is 3.09. The second-order valence-electron chi connectivity index (χ2n) is 4.18. The van der Waals surface area contributed by atoms with Crippen molar-refractivity contribution >= 4 is 27.4 Å². The van der Waals surface area contributed by atoms with E-state index in [1.165, 1.54) is 17.2 Å². The molecule has 5 nitrogen and oxygen atoms in total. The molecule has 0 amide bonds. The number of pyridine rings is 1. The lowest BCUT2D eigenvalue weighted by atomic mass is 10.1. The molecule has 0 bridgehead atoms. The molecule has 9 heteroatoms. The number of aromatic nitrogens is 1. The molecule has 2 heterocycles. The van der Waals surface area contributed by atoms with E-state index >= 15 is 0 Å². The molecular formula is C11H9BrF3N3O2. The second-order valence-corrected chi connectivity index (χ2v) is 5.09. The van der Waals surface area contributed by atoms with Gasteiger partial charge in [0.1, 0.15) is 0 Å². The van der Waals surface area contributed by atoms with Crippen LogP contribution in [-0.4, -0.2) is 29.2 Å². The Bertz CT molecular complexity index is 575. The van der Waals surface area contributed by atoms with Gasteiger partial charge in [0, 0.05) is 35.4 Å². The summed E-state index contributed by atoms with van der Waals surface area (Å²) in [6.45, 7) is -0.00880. The highest BCUT2D eigenvalue weighted by molar-refractivity contribution is 9.10. The smallest absolute Gasteiger partial charge is 0.347 e. The maximum atomic E-state index is 12.5. The first-order valence-corrected chi connectivity index (χ1v) is 6.39. The lowest BCUT2D eigenvalue weighted by molar-refractivity contribution is -0.384. The molecule has 0 spiro atoms. The second kappa shape index (κ2) is 5.39. The Balaban J connectivity index is 2.27. The summed E-state index contributed by atoms with van der Waals surface area (Å²) in [5.74, 6) is 0.0793. The standard InChI is InChI=1S/C11H9BrF3N3O2/c12-8-5-9(18(19)20)10(16-6-8)17-3-1-7(2-4-17)11(13,14)15/h1,5-6H,2-4H2. The van der Waals surface area contributed by atoms with E-state index in [0.29, 0.717) is 4.47 Å². The van der Waals surface area contributed by atoms with Gasteiger partial charge in [-0.1, -0.05) is 6.08 Å². The normalized spacial score (nSPS) is 16.0.